The van der Waals surface area contributed by atoms with E-state index in [0.29, 0.717) is 0 Å². The molecule has 2 unspecified atom stereocenters. The van der Waals surface area contributed by atoms with E-state index in [1.807, 2.05) is 13.1 Å². The van der Waals surface area contributed by atoms with E-state index in [4.69, 9.17) is 5.73 Å². The number of likely N-dealkylation sites (N-methyl/N-ethyl adjacent to an activating group) is 1. The molecular weight excluding hydrogens is 275 g/mol. The van der Waals surface area contributed by atoms with Gasteiger partial charge in [-0.2, -0.15) is 0 Å². The largest absolute Gasteiger partial charge is 0.368 e. The molecule has 3 N–H and O–H groups in total. The Morgan fingerprint density at radius 3 is 3.05 bits per heavy atom. The fraction of sp³-hybridized carbons (Fsp3) is 0.533. The zero-order chi connectivity index (χ0) is 14.6. The first-order chi connectivity index (χ1) is 9.58. The molecule has 1 amide bonds. The average Bonchev–Trinajstić information content (AvgIpc) is 2.83. The minimum atomic E-state index is -0.553. The minimum absolute atomic E-state index is 0.211. The number of carbonyl (C=O) groups is 1. The summed E-state index contributed by atoms with van der Waals surface area (Å²) in [6, 6.07) is 6.61. The van der Waals surface area contributed by atoms with Crippen LogP contribution in [0.4, 0.5) is 4.39 Å². The number of nitrogens with one attached hydrogen (secondary N) is 1. The fourth-order valence-corrected chi connectivity index (χ4v) is 4.13. The minimum Gasteiger partial charge on any atom is -0.368 e. The van der Waals surface area contributed by atoms with Gasteiger partial charge in [-0.1, -0.05) is 12.5 Å². The maximum atomic E-state index is 13.1. The Hall–Kier alpha value is -1.07. The summed E-state index contributed by atoms with van der Waals surface area (Å²) in [6.45, 7) is 0. The predicted molar refractivity (Wildman–Crippen MR) is 80.1 cm³/mol. The molecule has 1 fully saturated rings. The number of primary amides is 1. The third kappa shape index (κ3) is 3.15. The van der Waals surface area contributed by atoms with Crippen molar-refractivity contribution in [2.24, 2.45) is 11.7 Å². The highest BCUT2D eigenvalue weighted by atomic mass is 32.2. The SMILES string of the molecule is CNC1(C(N)=O)CCCC1CCSc1cccc(F)c1. The summed E-state index contributed by atoms with van der Waals surface area (Å²) >= 11 is 1.62. The second kappa shape index (κ2) is 6.59. The van der Waals surface area contributed by atoms with Crippen LogP contribution >= 0.6 is 11.8 Å². The lowest BCUT2D eigenvalue weighted by Crippen LogP contribution is -2.56. The van der Waals surface area contributed by atoms with Gasteiger partial charge in [0.15, 0.2) is 0 Å². The summed E-state index contributed by atoms with van der Waals surface area (Å²) in [5, 5.41) is 3.14. The highest BCUT2D eigenvalue weighted by molar-refractivity contribution is 7.99. The normalized spacial score (nSPS) is 25.8. The van der Waals surface area contributed by atoms with Crippen LogP contribution in [-0.4, -0.2) is 24.2 Å². The molecule has 0 spiro atoms. The lowest BCUT2D eigenvalue weighted by atomic mass is 9.84. The molecule has 2 rings (SSSR count). The van der Waals surface area contributed by atoms with E-state index in [2.05, 4.69) is 5.32 Å². The zero-order valence-corrected chi connectivity index (χ0v) is 12.5. The lowest BCUT2D eigenvalue weighted by molar-refractivity contribution is -0.125. The molecule has 1 aromatic carbocycles. The Labute approximate surface area is 123 Å². The summed E-state index contributed by atoms with van der Waals surface area (Å²) in [4.78, 5) is 12.7. The number of rotatable bonds is 6. The van der Waals surface area contributed by atoms with Crippen LogP contribution in [0.3, 0.4) is 0 Å². The van der Waals surface area contributed by atoms with Crippen LogP contribution in [0.1, 0.15) is 25.7 Å². The zero-order valence-electron chi connectivity index (χ0n) is 11.7. The first kappa shape index (κ1) is 15.3. The van der Waals surface area contributed by atoms with E-state index >= 15 is 0 Å². The molecule has 0 aromatic heterocycles. The van der Waals surface area contributed by atoms with Crippen molar-refractivity contribution in [1.29, 1.82) is 0 Å². The van der Waals surface area contributed by atoms with Crippen molar-refractivity contribution in [2.45, 2.75) is 36.1 Å². The Bertz CT molecular complexity index is 483. The van der Waals surface area contributed by atoms with Crippen LogP contribution in [0.2, 0.25) is 0 Å². The topological polar surface area (TPSA) is 55.1 Å². The van der Waals surface area contributed by atoms with Gasteiger partial charge in [0.25, 0.3) is 0 Å². The highest BCUT2D eigenvalue weighted by Gasteiger charge is 2.45. The van der Waals surface area contributed by atoms with Crippen LogP contribution < -0.4 is 11.1 Å². The molecule has 0 heterocycles. The number of carbonyl (C=O) groups excluding carboxylic acids is 1. The molecule has 2 atom stereocenters. The Balaban J connectivity index is 1.92. The van der Waals surface area contributed by atoms with Gasteiger partial charge in [0.2, 0.25) is 5.91 Å². The summed E-state index contributed by atoms with van der Waals surface area (Å²) in [6.07, 6.45) is 3.77. The first-order valence-electron chi connectivity index (χ1n) is 6.95. The van der Waals surface area contributed by atoms with Crippen molar-refractivity contribution in [3.05, 3.63) is 30.1 Å². The van der Waals surface area contributed by atoms with Gasteiger partial charge in [0.1, 0.15) is 11.4 Å². The number of halogens is 1. The molecule has 1 aliphatic carbocycles. The molecule has 0 radical (unpaired) electrons. The van der Waals surface area contributed by atoms with Crippen molar-refractivity contribution >= 4 is 17.7 Å². The molecule has 20 heavy (non-hydrogen) atoms. The van der Waals surface area contributed by atoms with Gasteiger partial charge in [-0.25, -0.2) is 4.39 Å². The van der Waals surface area contributed by atoms with Crippen molar-refractivity contribution in [3.8, 4) is 0 Å². The summed E-state index contributed by atoms with van der Waals surface area (Å²) in [7, 11) is 1.81. The Morgan fingerprint density at radius 1 is 1.60 bits per heavy atom. The number of benzene rings is 1. The molecule has 3 nitrogen and oxygen atoms in total. The third-order valence-electron chi connectivity index (χ3n) is 4.24. The van der Waals surface area contributed by atoms with E-state index in [-0.39, 0.29) is 17.6 Å². The lowest BCUT2D eigenvalue weighted by Gasteiger charge is -2.32. The maximum Gasteiger partial charge on any atom is 0.238 e. The molecular formula is C15H21FN2OS. The first-order valence-corrected chi connectivity index (χ1v) is 7.94. The molecule has 0 saturated heterocycles. The fourth-order valence-electron chi connectivity index (χ4n) is 3.12. The average molecular weight is 296 g/mol. The van der Waals surface area contributed by atoms with Crippen LogP contribution in [0.15, 0.2) is 29.2 Å². The van der Waals surface area contributed by atoms with Crippen molar-refractivity contribution in [1.82, 2.24) is 5.32 Å². The number of thioether (sulfide) groups is 1. The van der Waals surface area contributed by atoms with Gasteiger partial charge < -0.3 is 11.1 Å². The summed E-state index contributed by atoms with van der Waals surface area (Å²) in [5.41, 5.74) is 5.03. The van der Waals surface area contributed by atoms with Gasteiger partial charge in [-0.15, -0.1) is 11.8 Å². The number of hydrogen-bond donors (Lipinski definition) is 2. The standard InChI is InChI=1S/C15H21FN2OS/c1-18-15(14(17)19)8-3-4-11(15)7-9-20-13-6-2-5-12(16)10-13/h2,5-6,10-11,18H,3-4,7-9H2,1H3,(H2,17,19). The quantitative estimate of drug-likeness (QED) is 0.793. The molecule has 110 valence electrons. The van der Waals surface area contributed by atoms with Crippen LogP contribution in [0.25, 0.3) is 0 Å². The van der Waals surface area contributed by atoms with Crippen molar-refractivity contribution in [2.75, 3.05) is 12.8 Å². The van der Waals surface area contributed by atoms with E-state index in [9.17, 15) is 9.18 Å². The van der Waals surface area contributed by atoms with Gasteiger partial charge >= 0.3 is 0 Å². The number of hydrogen-bond acceptors (Lipinski definition) is 3. The van der Waals surface area contributed by atoms with E-state index in [1.165, 1.54) is 6.07 Å². The highest BCUT2D eigenvalue weighted by Crippen LogP contribution is 2.38. The second-order valence-corrected chi connectivity index (χ2v) is 6.44. The number of nitrogens with two attached hydrogens (primary N) is 1. The van der Waals surface area contributed by atoms with Crippen molar-refractivity contribution in [3.63, 3.8) is 0 Å². The summed E-state index contributed by atoms with van der Waals surface area (Å²) in [5.74, 6) is 0.673. The van der Waals surface area contributed by atoms with Gasteiger partial charge in [-0.05, 0) is 56.2 Å². The molecule has 1 saturated carbocycles. The predicted octanol–water partition coefficient (Wildman–Crippen LogP) is 2.55. The van der Waals surface area contributed by atoms with Crippen LogP contribution in [0.5, 0.6) is 0 Å². The van der Waals surface area contributed by atoms with E-state index < -0.39 is 5.54 Å². The van der Waals surface area contributed by atoms with Gasteiger partial charge in [-0.3, -0.25) is 4.79 Å². The molecule has 5 heteroatoms. The van der Waals surface area contributed by atoms with E-state index in [1.54, 1.807) is 23.9 Å². The number of amides is 1. The smallest absolute Gasteiger partial charge is 0.238 e. The van der Waals surface area contributed by atoms with E-state index in [0.717, 1.165) is 36.3 Å². The Kier molecular flexibility index (Phi) is 5.05. The van der Waals surface area contributed by atoms with Crippen LogP contribution in [-0.2, 0) is 4.79 Å². The third-order valence-corrected chi connectivity index (χ3v) is 5.26. The van der Waals surface area contributed by atoms with Gasteiger partial charge in [0.05, 0.1) is 0 Å². The van der Waals surface area contributed by atoms with Crippen molar-refractivity contribution < 1.29 is 9.18 Å². The molecule has 1 aliphatic rings. The molecule has 0 aliphatic heterocycles. The second-order valence-electron chi connectivity index (χ2n) is 5.27. The van der Waals surface area contributed by atoms with Crippen LogP contribution in [0, 0.1) is 11.7 Å². The van der Waals surface area contributed by atoms with Gasteiger partial charge in [0, 0.05) is 4.90 Å². The maximum absolute atomic E-state index is 13.1. The monoisotopic (exact) mass is 296 g/mol. The summed E-state index contributed by atoms with van der Waals surface area (Å²) < 4.78 is 13.1. The molecule has 0 bridgehead atoms. The molecule has 1 aromatic rings. The Morgan fingerprint density at radius 2 is 2.40 bits per heavy atom.